The van der Waals surface area contributed by atoms with Gasteiger partial charge in [-0.05, 0) is 25.4 Å². The van der Waals surface area contributed by atoms with Gasteiger partial charge in [-0.3, -0.25) is 4.79 Å². The van der Waals surface area contributed by atoms with Crippen LogP contribution in [0.25, 0.3) is 0 Å². The molecule has 0 aromatic rings. The number of ether oxygens (including phenoxy) is 2. The third-order valence-corrected chi connectivity index (χ3v) is 6.14. The fraction of sp³-hybridized carbons (Fsp3) is 0.933. The maximum Gasteiger partial charge on any atom is 0.217 e. The van der Waals surface area contributed by atoms with E-state index < -0.39 is 30.7 Å². The molecular weight excluding hydrogens is 338 g/mol. The van der Waals surface area contributed by atoms with Gasteiger partial charge in [0, 0.05) is 6.92 Å². The molecule has 1 saturated heterocycles. The van der Waals surface area contributed by atoms with Gasteiger partial charge in [0.1, 0.15) is 18.3 Å². The summed E-state index contributed by atoms with van der Waals surface area (Å²) in [4.78, 5) is 11.7. The second-order valence-electron chi connectivity index (χ2n) is 5.82. The summed E-state index contributed by atoms with van der Waals surface area (Å²) in [5.74, 6) is 0.773. The zero-order valence-corrected chi connectivity index (χ0v) is 16.1. The van der Waals surface area contributed by atoms with E-state index >= 15 is 0 Å². The van der Waals surface area contributed by atoms with Crippen LogP contribution in [0, 0.1) is 0 Å². The van der Waals surface area contributed by atoms with E-state index in [0.717, 1.165) is 11.5 Å². The predicted octanol–water partition coefficient (Wildman–Crippen LogP) is 1.20. The lowest BCUT2D eigenvalue weighted by Gasteiger charge is -2.33. The van der Waals surface area contributed by atoms with Crippen LogP contribution in [-0.4, -0.2) is 69.0 Å². The molecule has 0 unspecified atom stereocenters. The van der Waals surface area contributed by atoms with E-state index in [9.17, 15) is 15.0 Å². The molecule has 4 atom stereocenters. The van der Waals surface area contributed by atoms with Crippen LogP contribution in [0.3, 0.4) is 0 Å². The number of amides is 1. The number of rotatable bonds is 9. The molecule has 1 rings (SSSR count). The zero-order valence-electron chi connectivity index (χ0n) is 14.4. The second-order valence-corrected chi connectivity index (χ2v) is 8.96. The monoisotopic (exact) mass is 367 g/mol. The van der Waals surface area contributed by atoms with Crippen LogP contribution in [0.4, 0.5) is 0 Å². The number of nitrogens with one attached hydrogen (secondary N) is 1. The van der Waals surface area contributed by atoms with E-state index in [4.69, 9.17) is 9.47 Å². The molecule has 8 heteroatoms. The first-order chi connectivity index (χ1) is 10.8. The highest BCUT2D eigenvalue weighted by Gasteiger charge is 2.50. The Labute approximate surface area is 147 Å². The van der Waals surface area contributed by atoms with Gasteiger partial charge >= 0.3 is 0 Å². The van der Waals surface area contributed by atoms with E-state index in [2.05, 4.69) is 19.2 Å². The maximum atomic E-state index is 11.7. The van der Waals surface area contributed by atoms with Crippen molar-refractivity contribution in [2.24, 2.45) is 0 Å². The quantitative estimate of drug-likeness (QED) is 0.528. The van der Waals surface area contributed by atoms with Gasteiger partial charge in [-0.15, -0.1) is 23.5 Å². The van der Waals surface area contributed by atoms with Crippen LogP contribution in [0.2, 0.25) is 0 Å². The molecule has 0 aromatic carbocycles. The molecule has 23 heavy (non-hydrogen) atoms. The van der Waals surface area contributed by atoms with Crippen molar-refractivity contribution >= 4 is 29.4 Å². The first-order valence-corrected chi connectivity index (χ1v) is 10.00. The van der Waals surface area contributed by atoms with Crippen LogP contribution in [0.1, 0.15) is 34.6 Å². The van der Waals surface area contributed by atoms with Crippen LogP contribution in [-0.2, 0) is 14.3 Å². The molecule has 0 saturated carbocycles. The van der Waals surface area contributed by atoms with Crippen molar-refractivity contribution in [3.05, 3.63) is 0 Å². The Hall–Kier alpha value is 0.01000. The van der Waals surface area contributed by atoms with E-state index in [0.29, 0.717) is 0 Å². The van der Waals surface area contributed by atoms with Crippen LogP contribution < -0.4 is 5.32 Å². The smallest absolute Gasteiger partial charge is 0.217 e. The predicted molar refractivity (Wildman–Crippen MR) is 94.6 cm³/mol. The SMILES string of the molecule is CCSC(SCC)[C@H](NC(C)=O)[C@@H]1OC(C)(C)O[C@H]1[C@H](O)CO. The summed E-state index contributed by atoms with van der Waals surface area (Å²) in [5.41, 5.74) is 0. The van der Waals surface area contributed by atoms with Crippen molar-refractivity contribution in [2.45, 2.75) is 69.3 Å². The number of hydrogen-bond acceptors (Lipinski definition) is 7. The molecule has 6 nitrogen and oxygen atoms in total. The lowest BCUT2D eigenvalue weighted by Crippen LogP contribution is -2.54. The van der Waals surface area contributed by atoms with Gasteiger partial charge < -0.3 is 25.0 Å². The molecule has 1 aliphatic heterocycles. The Morgan fingerprint density at radius 3 is 2.17 bits per heavy atom. The van der Waals surface area contributed by atoms with E-state index in [1.165, 1.54) is 6.92 Å². The Balaban J connectivity index is 3.08. The molecule has 136 valence electrons. The summed E-state index contributed by atoms with van der Waals surface area (Å²) in [6.07, 6.45) is -2.28. The molecule has 3 N–H and O–H groups in total. The Morgan fingerprint density at radius 2 is 1.74 bits per heavy atom. The Kier molecular flexibility index (Phi) is 8.68. The van der Waals surface area contributed by atoms with Crippen molar-refractivity contribution in [1.29, 1.82) is 0 Å². The number of aliphatic hydroxyl groups excluding tert-OH is 2. The average molecular weight is 368 g/mol. The molecular formula is C15H29NO5S2. The minimum Gasteiger partial charge on any atom is -0.394 e. The van der Waals surface area contributed by atoms with E-state index in [-0.39, 0.29) is 16.5 Å². The van der Waals surface area contributed by atoms with Gasteiger partial charge in [-0.2, -0.15) is 0 Å². The highest BCUT2D eigenvalue weighted by molar-refractivity contribution is 8.17. The largest absolute Gasteiger partial charge is 0.394 e. The molecule has 0 spiro atoms. The normalized spacial score (nSPS) is 26.3. The minimum absolute atomic E-state index is 0.0739. The molecule has 0 bridgehead atoms. The van der Waals surface area contributed by atoms with Crippen molar-refractivity contribution in [1.82, 2.24) is 5.32 Å². The van der Waals surface area contributed by atoms with Gasteiger partial charge in [0.05, 0.1) is 17.2 Å². The van der Waals surface area contributed by atoms with Crippen molar-refractivity contribution < 1.29 is 24.5 Å². The first kappa shape index (κ1) is 21.1. The summed E-state index contributed by atoms with van der Waals surface area (Å²) >= 11 is 3.46. The number of carbonyl (C=O) groups excluding carboxylic acids is 1. The van der Waals surface area contributed by atoms with Gasteiger partial charge in [0.25, 0.3) is 0 Å². The summed E-state index contributed by atoms with van der Waals surface area (Å²) in [6.45, 7) is 8.72. The lowest BCUT2D eigenvalue weighted by molar-refractivity contribution is -0.158. The van der Waals surface area contributed by atoms with Crippen molar-refractivity contribution in [2.75, 3.05) is 18.1 Å². The highest BCUT2D eigenvalue weighted by Crippen LogP contribution is 2.37. The first-order valence-electron chi connectivity index (χ1n) is 7.90. The molecule has 1 heterocycles. The summed E-state index contributed by atoms with van der Waals surface area (Å²) in [6, 6.07) is -0.324. The fourth-order valence-corrected chi connectivity index (χ4v) is 5.34. The van der Waals surface area contributed by atoms with Crippen molar-refractivity contribution in [3.63, 3.8) is 0 Å². The van der Waals surface area contributed by atoms with Gasteiger partial charge in [-0.25, -0.2) is 0 Å². The minimum atomic E-state index is -1.06. The third kappa shape index (κ3) is 6.10. The summed E-state index contributed by atoms with van der Waals surface area (Å²) in [5, 5.41) is 22.4. The number of carbonyl (C=O) groups is 1. The van der Waals surface area contributed by atoms with Gasteiger partial charge in [0.15, 0.2) is 5.79 Å². The fourth-order valence-electron chi connectivity index (χ4n) is 2.62. The topological polar surface area (TPSA) is 88.0 Å². The summed E-state index contributed by atoms with van der Waals surface area (Å²) < 4.78 is 11.8. The van der Waals surface area contributed by atoms with Crippen molar-refractivity contribution in [3.8, 4) is 0 Å². The van der Waals surface area contributed by atoms with Crippen LogP contribution in [0.15, 0.2) is 0 Å². The average Bonchev–Trinajstić information content (AvgIpc) is 2.79. The second kappa shape index (κ2) is 9.48. The van der Waals surface area contributed by atoms with Crippen LogP contribution >= 0.6 is 23.5 Å². The summed E-state index contributed by atoms with van der Waals surface area (Å²) in [7, 11) is 0. The molecule has 1 aliphatic rings. The lowest BCUT2D eigenvalue weighted by atomic mass is 10.0. The Bertz CT molecular complexity index is 377. The molecule has 0 radical (unpaired) electrons. The molecule has 1 amide bonds. The maximum absolute atomic E-state index is 11.7. The molecule has 0 aromatic heterocycles. The zero-order chi connectivity index (χ0) is 17.6. The number of hydrogen-bond donors (Lipinski definition) is 3. The molecule has 1 fully saturated rings. The van der Waals surface area contributed by atoms with E-state index in [1.54, 1.807) is 37.4 Å². The molecule has 0 aliphatic carbocycles. The third-order valence-electron chi connectivity index (χ3n) is 3.41. The number of thioether (sulfide) groups is 2. The number of aliphatic hydroxyl groups is 2. The van der Waals surface area contributed by atoms with E-state index in [1.807, 2.05) is 0 Å². The highest BCUT2D eigenvalue weighted by atomic mass is 32.2. The standard InChI is InChI=1S/C15H29NO5S2/c1-6-22-14(23-7-2)11(16-9(3)18)13-12(10(19)8-17)20-15(4,5)21-13/h10-14,17,19H,6-8H2,1-5H3,(H,16,18)/t10-,11-,12+,13+/m1/s1. The van der Waals surface area contributed by atoms with Crippen LogP contribution in [0.5, 0.6) is 0 Å². The Morgan fingerprint density at radius 1 is 1.22 bits per heavy atom. The van der Waals surface area contributed by atoms with Gasteiger partial charge in [0.2, 0.25) is 5.91 Å². The van der Waals surface area contributed by atoms with Gasteiger partial charge in [-0.1, -0.05) is 13.8 Å².